The molecule has 2 aromatic rings. The van der Waals surface area contributed by atoms with E-state index >= 15 is 0 Å². The zero-order valence-electron chi connectivity index (χ0n) is 12.1. The van der Waals surface area contributed by atoms with Crippen LogP contribution in [0, 0.1) is 5.92 Å². The lowest BCUT2D eigenvalue weighted by Crippen LogP contribution is -2.38. The summed E-state index contributed by atoms with van der Waals surface area (Å²) >= 11 is 0. The number of likely N-dealkylation sites (tertiary alicyclic amines) is 1. The first-order chi connectivity index (χ1) is 9.79. The van der Waals surface area contributed by atoms with E-state index in [2.05, 4.69) is 11.9 Å². The van der Waals surface area contributed by atoms with Crippen LogP contribution in [0.3, 0.4) is 0 Å². The monoisotopic (exact) mass is 270 g/mol. The highest BCUT2D eigenvalue weighted by atomic mass is 16.2. The number of hydrogen-bond acceptors (Lipinski definition) is 1. The first-order valence-corrected chi connectivity index (χ1v) is 7.65. The third-order valence-electron chi connectivity index (χ3n) is 4.42. The number of benzene rings is 1. The van der Waals surface area contributed by atoms with E-state index in [4.69, 9.17) is 0 Å². The van der Waals surface area contributed by atoms with Crippen LogP contribution in [0.1, 0.15) is 43.0 Å². The van der Waals surface area contributed by atoms with Crippen LogP contribution >= 0.6 is 0 Å². The van der Waals surface area contributed by atoms with Gasteiger partial charge >= 0.3 is 0 Å². The van der Waals surface area contributed by atoms with E-state index in [-0.39, 0.29) is 5.91 Å². The predicted octanol–water partition coefficient (Wildman–Crippen LogP) is 3.82. The number of piperidine rings is 1. The van der Waals surface area contributed by atoms with Crippen molar-refractivity contribution < 1.29 is 4.79 Å². The highest BCUT2D eigenvalue weighted by Gasteiger charge is 2.24. The van der Waals surface area contributed by atoms with Crippen molar-refractivity contribution >= 4 is 16.8 Å². The maximum absolute atomic E-state index is 12.6. The molecule has 0 aliphatic carbocycles. The largest absolute Gasteiger partial charge is 0.360 e. The number of H-pyrrole nitrogens is 1. The van der Waals surface area contributed by atoms with E-state index in [1.165, 1.54) is 12.8 Å². The molecule has 1 aliphatic heterocycles. The number of nitrogens with zero attached hydrogens (tertiary/aromatic N) is 1. The summed E-state index contributed by atoms with van der Waals surface area (Å²) < 4.78 is 0. The zero-order chi connectivity index (χ0) is 13.9. The number of carbonyl (C=O) groups is 1. The Morgan fingerprint density at radius 2 is 2.05 bits per heavy atom. The molecule has 1 saturated heterocycles. The molecule has 1 N–H and O–H groups in total. The van der Waals surface area contributed by atoms with Crippen molar-refractivity contribution in [2.24, 2.45) is 5.92 Å². The molecular weight excluding hydrogens is 248 g/mol. The SMILES string of the molecule is CCCC1CCN(C(=O)c2c[nH]c3ccccc23)CC1. The number of aromatic amines is 1. The van der Waals surface area contributed by atoms with Crippen LogP contribution in [0.2, 0.25) is 0 Å². The number of nitrogens with one attached hydrogen (secondary N) is 1. The molecule has 2 heterocycles. The minimum absolute atomic E-state index is 0.178. The molecule has 0 unspecified atom stereocenters. The molecular formula is C17H22N2O. The van der Waals surface area contributed by atoms with Gasteiger partial charge in [0.1, 0.15) is 0 Å². The Labute approximate surface area is 120 Å². The molecule has 0 saturated carbocycles. The Bertz CT molecular complexity index is 594. The maximum atomic E-state index is 12.6. The minimum Gasteiger partial charge on any atom is -0.360 e. The topological polar surface area (TPSA) is 36.1 Å². The first kappa shape index (κ1) is 13.2. The number of rotatable bonds is 3. The second-order valence-electron chi connectivity index (χ2n) is 5.77. The molecule has 1 fully saturated rings. The second kappa shape index (κ2) is 5.70. The van der Waals surface area contributed by atoms with Crippen LogP contribution in [0.15, 0.2) is 30.5 Å². The van der Waals surface area contributed by atoms with Crippen molar-refractivity contribution in [2.75, 3.05) is 13.1 Å². The zero-order valence-corrected chi connectivity index (χ0v) is 12.1. The fraction of sp³-hybridized carbons (Fsp3) is 0.471. The normalized spacial score (nSPS) is 16.8. The average molecular weight is 270 g/mol. The fourth-order valence-electron chi connectivity index (χ4n) is 3.25. The Hall–Kier alpha value is -1.77. The van der Waals surface area contributed by atoms with Gasteiger partial charge in [-0.05, 0) is 24.8 Å². The Balaban J connectivity index is 1.74. The summed E-state index contributed by atoms with van der Waals surface area (Å²) in [7, 11) is 0. The molecule has 1 aliphatic rings. The maximum Gasteiger partial charge on any atom is 0.256 e. The van der Waals surface area contributed by atoms with Crippen LogP contribution in [0.4, 0.5) is 0 Å². The summed E-state index contributed by atoms with van der Waals surface area (Å²) in [4.78, 5) is 17.9. The van der Waals surface area contributed by atoms with Gasteiger partial charge in [0.05, 0.1) is 5.56 Å². The molecule has 0 bridgehead atoms. The number of fused-ring (bicyclic) bond motifs is 1. The molecule has 106 valence electrons. The highest BCUT2D eigenvalue weighted by molar-refractivity contribution is 6.06. The summed E-state index contributed by atoms with van der Waals surface area (Å²) in [6, 6.07) is 8.01. The van der Waals surface area contributed by atoms with E-state index in [9.17, 15) is 4.79 Å². The molecule has 3 rings (SSSR count). The van der Waals surface area contributed by atoms with Crippen molar-refractivity contribution in [3.63, 3.8) is 0 Å². The predicted molar refractivity (Wildman–Crippen MR) is 81.8 cm³/mol. The summed E-state index contributed by atoms with van der Waals surface area (Å²) in [5.74, 6) is 0.990. The van der Waals surface area contributed by atoms with Crippen LogP contribution in [0.5, 0.6) is 0 Å². The van der Waals surface area contributed by atoms with E-state index in [1.807, 2.05) is 35.4 Å². The minimum atomic E-state index is 0.178. The van der Waals surface area contributed by atoms with E-state index in [0.29, 0.717) is 0 Å². The van der Waals surface area contributed by atoms with Gasteiger partial charge in [-0.2, -0.15) is 0 Å². The van der Waals surface area contributed by atoms with Gasteiger partial charge < -0.3 is 9.88 Å². The molecule has 20 heavy (non-hydrogen) atoms. The lowest BCUT2D eigenvalue weighted by atomic mass is 9.92. The number of carbonyl (C=O) groups excluding carboxylic acids is 1. The van der Waals surface area contributed by atoms with Crippen LogP contribution in [0.25, 0.3) is 10.9 Å². The van der Waals surface area contributed by atoms with Gasteiger partial charge in [0, 0.05) is 30.2 Å². The van der Waals surface area contributed by atoms with E-state index in [1.54, 1.807) is 0 Å². The molecule has 0 atom stereocenters. The van der Waals surface area contributed by atoms with E-state index in [0.717, 1.165) is 48.3 Å². The van der Waals surface area contributed by atoms with Crippen molar-refractivity contribution in [2.45, 2.75) is 32.6 Å². The molecule has 1 amide bonds. The van der Waals surface area contributed by atoms with Crippen LogP contribution < -0.4 is 0 Å². The van der Waals surface area contributed by atoms with E-state index < -0.39 is 0 Å². The molecule has 3 nitrogen and oxygen atoms in total. The van der Waals surface area contributed by atoms with Crippen molar-refractivity contribution in [3.05, 3.63) is 36.0 Å². The van der Waals surface area contributed by atoms with Gasteiger partial charge in [-0.25, -0.2) is 0 Å². The molecule has 0 spiro atoms. The van der Waals surface area contributed by atoms with Crippen molar-refractivity contribution in [1.82, 2.24) is 9.88 Å². The Morgan fingerprint density at radius 3 is 2.80 bits per heavy atom. The molecule has 0 radical (unpaired) electrons. The Morgan fingerprint density at radius 1 is 1.30 bits per heavy atom. The molecule has 1 aromatic carbocycles. The quantitative estimate of drug-likeness (QED) is 0.904. The first-order valence-electron chi connectivity index (χ1n) is 7.65. The standard InChI is InChI=1S/C17H22N2O/c1-2-5-13-8-10-19(11-9-13)17(20)15-12-18-16-7-4-3-6-14(15)16/h3-4,6-7,12-13,18H,2,5,8-11H2,1H3. The van der Waals surface area contributed by atoms with Gasteiger partial charge in [-0.15, -0.1) is 0 Å². The second-order valence-corrected chi connectivity index (χ2v) is 5.77. The number of para-hydroxylation sites is 1. The van der Waals surface area contributed by atoms with Gasteiger partial charge in [0.2, 0.25) is 0 Å². The van der Waals surface area contributed by atoms with Crippen LogP contribution in [-0.4, -0.2) is 28.9 Å². The van der Waals surface area contributed by atoms with Crippen molar-refractivity contribution in [1.29, 1.82) is 0 Å². The van der Waals surface area contributed by atoms with Gasteiger partial charge in [0.15, 0.2) is 0 Å². The lowest BCUT2D eigenvalue weighted by Gasteiger charge is -2.31. The summed E-state index contributed by atoms with van der Waals surface area (Å²) in [5.41, 5.74) is 1.85. The molecule has 3 heteroatoms. The smallest absolute Gasteiger partial charge is 0.256 e. The summed E-state index contributed by atoms with van der Waals surface area (Å²) in [5, 5.41) is 1.04. The third kappa shape index (κ3) is 2.45. The van der Waals surface area contributed by atoms with Crippen LogP contribution in [-0.2, 0) is 0 Å². The van der Waals surface area contributed by atoms with Gasteiger partial charge in [0.25, 0.3) is 5.91 Å². The fourth-order valence-corrected chi connectivity index (χ4v) is 3.25. The average Bonchev–Trinajstić information content (AvgIpc) is 2.92. The summed E-state index contributed by atoms with van der Waals surface area (Å²) in [6.07, 6.45) is 6.71. The molecule has 1 aromatic heterocycles. The highest BCUT2D eigenvalue weighted by Crippen LogP contribution is 2.25. The van der Waals surface area contributed by atoms with Gasteiger partial charge in [-0.3, -0.25) is 4.79 Å². The van der Waals surface area contributed by atoms with Crippen molar-refractivity contribution in [3.8, 4) is 0 Å². The number of hydrogen-bond donors (Lipinski definition) is 1. The Kier molecular flexibility index (Phi) is 3.77. The number of amides is 1. The summed E-state index contributed by atoms with van der Waals surface area (Å²) in [6.45, 7) is 4.05. The number of aromatic nitrogens is 1. The van der Waals surface area contributed by atoms with Gasteiger partial charge in [-0.1, -0.05) is 38.0 Å². The lowest BCUT2D eigenvalue weighted by molar-refractivity contribution is 0.0688. The third-order valence-corrected chi connectivity index (χ3v) is 4.42.